The summed E-state index contributed by atoms with van der Waals surface area (Å²) in [6, 6.07) is 17.6. The van der Waals surface area contributed by atoms with Crippen LogP contribution in [0.4, 0.5) is 13.2 Å². The summed E-state index contributed by atoms with van der Waals surface area (Å²) in [5, 5.41) is 17.3. The predicted molar refractivity (Wildman–Crippen MR) is 155 cm³/mol. The van der Waals surface area contributed by atoms with Crippen molar-refractivity contribution < 1.29 is 37.4 Å². The van der Waals surface area contributed by atoms with E-state index < -0.39 is 29.6 Å². The molecule has 43 heavy (non-hydrogen) atoms. The molecule has 3 rings (SSSR count). The molecule has 0 heterocycles. The van der Waals surface area contributed by atoms with E-state index in [9.17, 15) is 27.6 Å². The lowest BCUT2D eigenvalue weighted by atomic mass is 10.1. The Morgan fingerprint density at radius 2 is 1.49 bits per heavy atom. The molecular weight excluding hydrogens is 563 g/mol. The van der Waals surface area contributed by atoms with Gasteiger partial charge in [-0.05, 0) is 72.4 Å². The molecule has 0 spiro atoms. The molecule has 0 radical (unpaired) electrons. The Morgan fingerprint density at radius 1 is 0.860 bits per heavy atom. The molecule has 3 amide bonds. The van der Waals surface area contributed by atoms with Crippen LogP contribution >= 0.6 is 0 Å². The third kappa shape index (κ3) is 11.1. The van der Waals surface area contributed by atoms with Gasteiger partial charge >= 0.3 is 6.18 Å². The van der Waals surface area contributed by atoms with E-state index in [1.807, 2.05) is 31.2 Å². The standard InChI is InChI=1S/C32H36F3N3O5/c1-2-22-5-7-23(8-6-22)20-37-31(42)28(38-29(40)17-19-43-27-15-9-24(21-39)10-16-27)4-3-18-36-30(41)25-11-13-26(14-12-25)32(33,34)35/h5-16,28,39H,2-4,17-21H2,1H3,(H,36,41)(H,37,42)(H,38,40). The predicted octanol–water partition coefficient (Wildman–Crippen LogP) is 4.54. The lowest BCUT2D eigenvalue weighted by molar-refractivity contribution is -0.137. The molecular formula is C32H36F3N3O5. The number of rotatable bonds is 15. The number of nitrogens with one attached hydrogen (secondary N) is 3. The number of aryl methyl sites for hydroxylation is 1. The van der Waals surface area contributed by atoms with Crippen molar-refractivity contribution in [1.29, 1.82) is 0 Å². The van der Waals surface area contributed by atoms with E-state index in [0.29, 0.717) is 12.2 Å². The van der Waals surface area contributed by atoms with E-state index in [4.69, 9.17) is 9.84 Å². The highest BCUT2D eigenvalue weighted by atomic mass is 19.4. The number of halogens is 3. The van der Waals surface area contributed by atoms with Crippen LogP contribution in [-0.2, 0) is 35.3 Å². The fraction of sp³-hybridized carbons (Fsp3) is 0.344. The Morgan fingerprint density at radius 3 is 2.09 bits per heavy atom. The van der Waals surface area contributed by atoms with Crippen LogP contribution in [0.15, 0.2) is 72.8 Å². The molecule has 0 aliphatic heterocycles. The second kappa shape index (κ2) is 16.3. The van der Waals surface area contributed by atoms with Gasteiger partial charge < -0.3 is 25.8 Å². The van der Waals surface area contributed by atoms with Gasteiger partial charge in [0.2, 0.25) is 11.8 Å². The summed E-state index contributed by atoms with van der Waals surface area (Å²) in [5.41, 5.74) is 2.04. The number of benzene rings is 3. The summed E-state index contributed by atoms with van der Waals surface area (Å²) in [6.45, 7) is 2.45. The van der Waals surface area contributed by atoms with E-state index in [-0.39, 0.29) is 50.6 Å². The molecule has 0 aliphatic rings. The molecule has 11 heteroatoms. The Kier molecular flexibility index (Phi) is 12.6. The van der Waals surface area contributed by atoms with Gasteiger partial charge in [-0.1, -0.05) is 43.3 Å². The van der Waals surface area contributed by atoms with Crippen LogP contribution in [0.25, 0.3) is 0 Å². The number of aliphatic hydroxyl groups is 1. The first kappa shape index (κ1) is 33.1. The molecule has 1 atom stereocenters. The number of carbonyl (C=O) groups is 3. The molecule has 0 bridgehead atoms. The van der Waals surface area contributed by atoms with Crippen molar-refractivity contribution in [2.45, 2.75) is 58.0 Å². The maximum Gasteiger partial charge on any atom is 0.416 e. The topological polar surface area (TPSA) is 117 Å². The minimum absolute atomic E-state index is 0.00529. The van der Waals surface area contributed by atoms with Crippen molar-refractivity contribution in [3.63, 3.8) is 0 Å². The third-order valence-electron chi connectivity index (χ3n) is 6.68. The van der Waals surface area contributed by atoms with Crippen LogP contribution in [0, 0.1) is 0 Å². The average Bonchev–Trinajstić information content (AvgIpc) is 3.01. The van der Waals surface area contributed by atoms with E-state index in [2.05, 4.69) is 16.0 Å². The summed E-state index contributed by atoms with van der Waals surface area (Å²) in [5.74, 6) is -0.786. The number of amides is 3. The number of ether oxygens (including phenoxy) is 1. The van der Waals surface area contributed by atoms with E-state index in [0.717, 1.165) is 41.8 Å². The number of hydrogen-bond donors (Lipinski definition) is 4. The SMILES string of the molecule is CCc1ccc(CNC(=O)C(CCCNC(=O)c2ccc(C(F)(F)F)cc2)NC(=O)CCOc2ccc(CO)cc2)cc1. The fourth-order valence-corrected chi connectivity index (χ4v) is 4.11. The second-order valence-corrected chi connectivity index (χ2v) is 9.88. The van der Waals surface area contributed by atoms with Gasteiger partial charge in [0.1, 0.15) is 11.8 Å². The van der Waals surface area contributed by atoms with Crippen molar-refractivity contribution in [2.24, 2.45) is 0 Å². The highest BCUT2D eigenvalue weighted by molar-refractivity contribution is 5.94. The van der Waals surface area contributed by atoms with Crippen LogP contribution in [-0.4, -0.2) is 42.0 Å². The van der Waals surface area contributed by atoms with Gasteiger partial charge in [-0.3, -0.25) is 14.4 Å². The van der Waals surface area contributed by atoms with Crippen LogP contribution in [0.3, 0.4) is 0 Å². The highest BCUT2D eigenvalue weighted by Crippen LogP contribution is 2.29. The van der Waals surface area contributed by atoms with Crippen molar-refractivity contribution in [3.8, 4) is 5.75 Å². The van der Waals surface area contributed by atoms with Crippen molar-refractivity contribution >= 4 is 17.7 Å². The van der Waals surface area contributed by atoms with E-state index in [1.54, 1.807) is 24.3 Å². The molecule has 0 aliphatic carbocycles. The van der Waals surface area contributed by atoms with E-state index in [1.165, 1.54) is 5.56 Å². The van der Waals surface area contributed by atoms with Gasteiger partial charge in [-0.25, -0.2) is 0 Å². The maximum atomic E-state index is 13.0. The fourth-order valence-electron chi connectivity index (χ4n) is 4.11. The molecule has 0 fully saturated rings. The van der Waals surface area contributed by atoms with Crippen LogP contribution < -0.4 is 20.7 Å². The molecule has 0 saturated heterocycles. The lowest BCUT2D eigenvalue weighted by Crippen LogP contribution is -2.47. The van der Waals surface area contributed by atoms with Gasteiger partial charge in [0, 0.05) is 18.7 Å². The normalized spacial score (nSPS) is 11.8. The first-order valence-corrected chi connectivity index (χ1v) is 14.0. The Balaban J connectivity index is 1.52. The first-order valence-electron chi connectivity index (χ1n) is 14.0. The van der Waals surface area contributed by atoms with Gasteiger partial charge in [-0.2, -0.15) is 13.2 Å². The van der Waals surface area contributed by atoms with Crippen molar-refractivity contribution in [1.82, 2.24) is 16.0 Å². The molecule has 0 saturated carbocycles. The summed E-state index contributed by atoms with van der Waals surface area (Å²) < 4.78 is 43.9. The highest BCUT2D eigenvalue weighted by Gasteiger charge is 2.30. The smallest absolute Gasteiger partial charge is 0.416 e. The summed E-state index contributed by atoms with van der Waals surface area (Å²) in [6.07, 6.45) is -3.07. The summed E-state index contributed by atoms with van der Waals surface area (Å²) >= 11 is 0. The first-order chi connectivity index (χ1) is 20.6. The largest absolute Gasteiger partial charge is 0.493 e. The zero-order chi connectivity index (χ0) is 31.2. The zero-order valence-electron chi connectivity index (χ0n) is 23.9. The Labute approximate surface area is 248 Å². The Bertz CT molecular complexity index is 1330. The van der Waals surface area contributed by atoms with Crippen molar-refractivity contribution in [3.05, 3.63) is 101 Å². The monoisotopic (exact) mass is 599 g/mol. The summed E-state index contributed by atoms with van der Waals surface area (Å²) in [7, 11) is 0. The summed E-state index contributed by atoms with van der Waals surface area (Å²) in [4.78, 5) is 38.1. The molecule has 3 aromatic carbocycles. The van der Waals surface area contributed by atoms with Crippen LogP contribution in [0.2, 0.25) is 0 Å². The van der Waals surface area contributed by atoms with Crippen LogP contribution in [0.1, 0.15) is 58.8 Å². The maximum absolute atomic E-state index is 13.0. The minimum Gasteiger partial charge on any atom is -0.493 e. The van der Waals surface area contributed by atoms with Gasteiger partial charge in [-0.15, -0.1) is 0 Å². The van der Waals surface area contributed by atoms with E-state index >= 15 is 0 Å². The number of aliphatic hydroxyl groups excluding tert-OH is 1. The van der Waals surface area contributed by atoms with Gasteiger partial charge in [0.25, 0.3) is 5.91 Å². The van der Waals surface area contributed by atoms with Gasteiger partial charge in [0.05, 0.1) is 25.2 Å². The van der Waals surface area contributed by atoms with Crippen molar-refractivity contribution in [2.75, 3.05) is 13.2 Å². The zero-order valence-corrected chi connectivity index (χ0v) is 23.9. The average molecular weight is 600 g/mol. The third-order valence-corrected chi connectivity index (χ3v) is 6.68. The number of hydrogen-bond acceptors (Lipinski definition) is 5. The molecule has 4 N–H and O–H groups in total. The molecule has 0 aromatic heterocycles. The quantitative estimate of drug-likeness (QED) is 0.192. The number of alkyl halides is 3. The second-order valence-electron chi connectivity index (χ2n) is 9.88. The minimum atomic E-state index is -4.49. The Hall–Kier alpha value is -4.38. The molecule has 8 nitrogen and oxygen atoms in total. The van der Waals surface area contributed by atoms with Gasteiger partial charge in [0.15, 0.2) is 0 Å². The molecule has 3 aromatic rings. The number of carbonyl (C=O) groups excluding carboxylic acids is 3. The molecule has 230 valence electrons. The lowest BCUT2D eigenvalue weighted by Gasteiger charge is -2.19. The van der Waals surface area contributed by atoms with Crippen LogP contribution in [0.5, 0.6) is 5.75 Å². The molecule has 1 unspecified atom stereocenters.